The quantitative estimate of drug-likeness (QED) is 0.441. The van der Waals surface area contributed by atoms with Crippen molar-refractivity contribution >= 4 is 41.5 Å². The Bertz CT molecular complexity index is 499. The lowest BCUT2D eigenvalue weighted by atomic mass is 10.1. The molecule has 1 aliphatic rings. The molecule has 0 bridgehead atoms. The molecule has 2 rings (SSSR count). The molecule has 1 amide bonds. The van der Waals surface area contributed by atoms with Gasteiger partial charge in [0.15, 0.2) is 5.96 Å². The van der Waals surface area contributed by atoms with Crippen molar-refractivity contribution in [3.63, 3.8) is 0 Å². The first kappa shape index (κ1) is 18.7. The van der Waals surface area contributed by atoms with Gasteiger partial charge in [0.2, 0.25) is 5.91 Å². The molecule has 1 aromatic rings. The normalized spacial score (nSPS) is 15.1. The third-order valence-corrected chi connectivity index (χ3v) is 3.38. The summed E-state index contributed by atoms with van der Waals surface area (Å²) in [5, 5.41) is 2.98. The fraction of sp³-hybridized carbons (Fsp3) is 0.467. The summed E-state index contributed by atoms with van der Waals surface area (Å²) in [6.45, 7) is 4.60. The molecule has 0 aliphatic carbocycles. The Kier molecular flexibility index (Phi) is 8.18. The van der Waals surface area contributed by atoms with Crippen LogP contribution in [0.4, 0.5) is 5.69 Å². The number of halogens is 1. The van der Waals surface area contributed by atoms with Crippen LogP contribution in [0.1, 0.15) is 12.5 Å². The van der Waals surface area contributed by atoms with E-state index in [-0.39, 0.29) is 42.4 Å². The number of carbonyl (C=O) groups is 1. The van der Waals surface area contributed by atoms with E-state index in [9.17, 15) is 4.79 Å². The van der Waals surface area contributed by atoms with Crippen molar-refractivity contribution in [3.8, 4) is 0 Å². The molecule has 1 saturated heterocycles. The highest BCUT2D eigenvalue weighted by molar-refractivity contribution is 14.0. The third-order valence-electron chi connectivity index (χ3n) is 3.38. The van der Waals surface area contributed by atoms with E-state index in [4.69, 9.17) is 10.5 Å². The first-order valence-electron chi connectivity index (χ1n) is 7.20. The van der Waals surface area contributed by atoms with Crippen LogP contribution in [-0.4, -0.2) is 49.6 Å². The Labute approximate surface area is 148 Å². The van der Waals surface area contributed by atoms with Crippen molar-refractivity contribution in [3.05, 3.63) is 29.8 Å². The van der Waals surface area contributed by atoms with Gasteiger partial charge < -0.3 is 20.7 Å². The standard InChI is InChI=1S/C15H22N4O2.HI/c1-2-12-3-5-13(6-4-12)18-15(16)17-11-14(20)19-7-9-21-10-8-19;/h3-6H,2,7-11H2,1H3,(H3,16,17,18);1H. The van der Waals surface area contributed by atoms with E-state index in [2.05, 4.69) is 17.2 Å². The van der Waals surface area contributed by atoms with Crippen LogP contribution < -0.4 is 11.1 Å². The molecule has 1 fully saturated rings. The van der Waals surface area contributed by atoms with Gasteiger partial charge in [0, 0.05) is 18.8 Å². The second-order valence-corrected chi connectivity index (χ2v) is 4.87. The molecule has 0 aromatic heterocycles. The zero-order valence-electron chi connectivity index (χ0n) is 12.7. The number of nitrogens with two attached hydrogens (primary N) is 1. The topological polar surface area (TPSA) is 79.9 Å². The van der Waals surface area contributed by atoms with Crippen molar-refractivity contribution in [1.82, 2.24) is 4.90 Å². The molecule has 22 heavy (non-hydrogen) atoms. The van der Waals surface area contributed by atoms with Gasteiger partial charge in [-0.2, -0.15) is 0 Å². The molecule has 0 radical (unpaired) electrons. The number of aliphatic imine (C=N–C) groups is 1. The lowest BCUT2D eigenvalue weighted by molar-refractivity contribution is -0.133. The van der Waals surface area contributed by atoms with Crippen LogP contribution in [0.25, 0.3) is 0 Å². The number of aryl methyl sites for hydroxylation is 1. The number of amides is 1. The predicted octanol–water partition coefficient (Wildman–Crippen LogP) is 1.45. The van der Waals surface area contributed by atoms with Gasteiger partial charge in [-0.1, -0.05) is 19.1 Å². The van der Waals surface area contributed by atoms with Gasteiger partial charge in [0.25, 0.3) is 0 Å². The molecule has 7 heteroatoms. The van der Waals surface area contributed by atoms with Crippen molar-refractivity contribution in [1.29, 1.82) is 0 Å². The van der Waals surface area contributed by atoms with Crippen molar-refractivity contribution in [2.75, 3.05) is 38.2 Å². The Balaban J connectivity index is 0.00000242. The van der Waals surface area contributed by atoms with Gasteiger partial charge in [-0.3, -0.25) is 4.79 Å². The first-order valence-corrected chi connectivity index (χ1v) is 7.20. The minimum Gasteiger partial charge on any atom is -0.378 e. The number of morpholine rings is 1. The van der Waals surface area contributed by atoms with E-state index in [1.54, 1.807) is 4.90 Å². The molecule has 0 spiro atoms. The van der Waals surface area contributed by atoms with Crippen LogP contribution in [0.3, 0.4) is 0 Å². The van der Waals surface area contributed by atoms with Crippen LogP contribution in [-0.2, 0) is 16.0 Å². The number of benzene rings is 1. The van der Waals surface area contributed by atoms with E-state index in [0.29, 0.717) is 26.3 Å². The second-order valence-electron chi connectivity index (χ2n) is 4.87. The number of hydrogen-bond acceptors (Lipinski definition) is 3. The highest BCUT2D eigenvalue weighted by atomic mass is 127. The molecule has 0 unspecified atom stereocenters. The van der Waals surface area contributed by atoms with Crippen LogP contribution in [0.5, 0.6) is 0 Å². The summed E-state index contributed by atoms with van der Waals surface area (Å²) in [4.78, 5) is 17.8. The number of guanidine groups is 1. The van der Waals surface area contributed by atoms with E-state index >= 15 is 0 Å². The maximum Gasteiger partial charge on any atom is 0.244 e. The molecule has 0 atom stereocenters. The van der Waals surface area contributed by atoms with Crippen LogP contribution >= 0.6 is 24.0 Å². The summed E-state index contributed by atoms with van der Waals surface area (Å²) in [6.07, 6.45) is 0.998. The number of carbonyl (C=O) groups excluding carboxylic acids is 1. The fourth-order valence-corrected chi connectivity index (χ4v) is 2.08. The van der Waals surface area contributed by atoms with Crippen molar-refractivity contribution in [2.24, 2.45) is 10.7 Å². The highest BCUT2D eigenvalue weighted by Crippen LogP contribution is 2.09. The highest BCUT2D eigenvalue weighted by Gasteiger charge is 2.15. The summed E-state index contributed by atoms with van der Waals surface area (Å²) in [5.74, 6) is 0.227. The van der Waals surface area contributed by atoms with Gasteiger partial charge >= 0.3 is 0 Å². The molecule has 3 N–H and O–H groups in total. The lowest BCUT2D eigenvalue weighted by Crippen LogP contribution is -2.42. The molecule has 122 valence electrons. The van der Waals surface area contributed by atoms with E-state index in [1.165, 1.54) is 5.56 Å². The van der Waals surface area contributed by atoms with Gasteiger partial charge in [-0.25, -0.2) is 4.99 Å². The largest absolute Gasteiger partial charge is 0.378 e. The molecule has 1 aromatic carbocycles. The SMILES string of the molecule is CCc1ccc(NC(N)=NCC(=O)N2CCOCC2)cc1.I. The fourth-order valence-electron chi connectivity index (χ4n) is 2.08. The monoisotopic (exact) mass is 418 g/mol. The van der Waals surface area contributed by atoms with E-state index < -0.39 is 0 Å². The molecule has 1 aliphatic heterocycles. The number of nitrogens with zero attached hydrogens (tertiary/aromatic N) is 2. The minimum atomic E-state index is -0.0237. The van der Waals surface area contributed by atoms with Crippen molar-refractivity contribution in [2.45, 2.75) is 13.3 Å². The molecule has 1 heterocycles. The molecular weight excluding hydrogens is 395 g/mol. The summed E-state index contributed by atoms with van der Waals surface area (Å²) < 4.78 is 5.21. The molecule has 6 nitrogen and oxygen atoms in total. The number of rotatable bonds is 4. The summed E-state index contributed by atoms with van der Waals surface area (Å²) in [5.41, 5.74) is 7.93. The Morgan fingerprint density at radius 1 is 1.32 bits per heavy atom. The number of ether oxygens (including phenoxy) is 1. The molecule has 0 saturated carbocycles. The third kappa shape index (κ3) is 5.80. The average Bonchev–Trinajstić information content (AvgIpc) is 2.54. The van der Waals surface area contributed by atoms with Crippen LogP contribution in [0, 0.1) is 0 Å². The average molecular weight is 418 g/mol. The lowest BCUT2D eigenvalue weighted by Gasteiger charge is -2.26. The number of hydrogen-bond donors (Lipinski definition) is 2. The van der Waals surface area contributed by atoms with Gasteiger partial charge in [0.05, 0.1) is 13.2 Å². The first-order chi connectivity index (χ1) is 10.2. The zero-order valence-corrected chi connectivity index (χ0v) is 15.1. The van der Waals surface area contributed by atoms with Gasteiger partial charge in [-0.15, -0.1) is 24.0 Å². The Morgan fingerprint density at radius 3 is 2.55 bits per heavy atom. The predicted molar refractivity (Wildman–Crippen MR) is 98.7 cm³/mol. The maximum absolute atomic E-state index is 11.9. The van der Waals surface area contributed by atoms with Crippen molar-refractivity contribution < 1.29 is 9.53 Å². The number of anilines is 1. The van der Waals surface area contributed by atoms with E-state index in [0.717, 1.165) is 12.1 Å². The Hall–Kier alpha value is -1.35. The summed E-state index contributed by atoms with van der Waals surface area (Å²) in [6, 6.07) is 7.97. The second kappa shape index (κ2) is 9.62. The number of nitrogens with one attached hydrogen (secondary N) is 1. The maximum atomic E-state index is 11.9. The van der Waals surface area contributed by atoms with Crippen LogP contribution in [0.15, 0.2) is 29.3 Å². The zero-order chi connectivity index (χ0) is 15.1. The van der Waals surface area contributed by atoms with Gasteiger partial charge in [-0.05, 0) is 24.1 Å². The molecular formula is C15H23IN4O2. The minimum absolute atomic E-state index is 0. The summed E-state index contributed by atoms with van der Waals surface area (Å²) in [7, 11) is 0. The van der Waals surface area contributed by atoms with Gasteiger partial charge in [0.1, 0.15) is 6.54 Å². The summed E-state index contributed by atoms with van der Waals surface area (Å²) >= 11 is 0. The Morgan fingerprint density at radius 2 is 1.95 bits per heavy atom. The van der Waals surface area contributed by atoms with E-state index in [1.807, 2.05) is 24.3 Å². The van der Waals surface area contributed by atoms with Crippen LogP contribution in [0.2, 0.25) is 0 Å². The smallest absolute Gasteiger partial charge is 0.244 e.